The maximum atomic E-state index is 12.6. The van der Waals surface area contributed by atoms with E-state index < -0.39 is 4.75 Å². The van der Waals surface area contributed by atoms with Crippen molar-refractivity contribution in [3.63, 3.8) is 0 Å². The Kier molecular flexibility index (Phi) is 4.95. The number of fused-ring (bicyclic) bond motifs is 1. The number of benzene rings is 2. The lowest BCUT2D eigenvalue weighted by Crippen LogP contribution is -2.45. The monoisotopic (exact) mass is 332 g/mol. The molecule has 0 bridgehead atoms. The van der Waals surface area contributed by atoms with Gasteiger partial charge in [-0.15, -0.1) is 11.8 Å². The fourth-order valence-electron chi connectivity index (χ4n) is 2.45. The first kappa shape index (κ1) is 17.7. The molecule has 0 spiro atoms. The van der Waals surface area contributed by atoms with E-state index >= 15 is 0 Å². The van der Waals surface area contributed by atoms with E-state index in [9.17, 15) is 9.90 Å². The lowest BCUT2D eigenvalue weighted by molar-refractivity contribution is -0.150. The predicted octanol–water partition coefficient (Wildman–Crippen LogP) is 4.76. The van der Waals surface area contributed by atoms with Crippen LogP contribution in [0.25, 0.3) is 10.8 Å². The van der Waals surface area contributed by atoms with Crippen LogP contribution in [0.15, 0.2) is 36.4 Å². The Balaban J connectivity index is 2.25. The Morgan fingerprint density at radius 2 is 1.70 bits per heavy atom. The van der Waals surface area contributed by atoms with Crippen LogP contribution in [0.3, 0.4) is 0 Å². The standard InChI is InChI=1S/C19H24O3S/c1-18(2,3)19(4,23-5)17(21)22-12-13-10-11-16(20)15-9-7-6-8-14(13)15/h6-11,20H,12H2,1-5H3. The van der Waals surface area contributed by atoms with E-state index in [1.807, 2.05) is 58.2 Å². The van der Waals surface area contributed by atoms with E-state index in [4.69, 9.17) is 4.74 Å². The minimum atomic E-state index is -0.611. The van der Waals surface area contributed by atoms with E-state index in [0.29, 0.717) is 0 Å². The summed E-state index contributed by atoms with van der Waals surface area (Å²) >= 11 is 1.51. The quantitative estimate of drug-likeness (QED) is 0.820. The van der Waals surface area contributed by atoms with Gasteiger partial charge in [0.2, 0.25) is 0 Å². The molecule has 23 heavy (non-hydrogen) atoms. The van der Waals surface area contributed by atoms with Crippen LogP contribution in [0.1, 0.15) is 33.3 Å². The first-order chi connectivity index (χ1) is 10.7. The number of phenols is 1. The number of hydrogen-bond donors (Lipinski definition) is 1. The van der Waals surface area contributed by atoms with Gasteiger partial charge in [-0.3, -0.25) is 4.79 Å². The van der Waals surface area contributed by atoms with Crippen LogP contribution in [-0.4, -0.2) is 22.1 Å². The molecule has 1 N–H and O–H groups in total. The second-order valence-electron chi connectivity index (χ2n) is 6.85. The van der Waals surface area contributed by atoms with Crippen LogP contribution >= 0.6 is 11.8 Å². The summed E-state index contributed by atoms with van der Waals surface area (Å²) in [6.07, 6.45) is 1.93. The van der Waals surface area contributed by atoms with E-state index in [0.717, 1.165) is 16.3 Å². The molecule has 1 unspecified atom stereocenters. The highest BCUT2D eigenvalue weighted by Crippen LogP contribution is 2.41. The van der Waals surface area contributed by atoms with Gasteiger partial charge in [-0.25, -0.2) is 0 Å². The fourth-order valence-corrected chi connectivity index (χ4v) is 3.29. The summed E-state index contributed by atoms with van der Waals surface area (Å²) in [6.45, 7) is 8.25. The van der Waals surface area contributed by atoms with Gasteiger partial charge in [0.1, 0.15) is 17.1 Å². The molecule has 0 amide bonds. The van der Waals surface area contributed by atoms with Gasteiger partial charge in [0, 0.05) is 5.39 Å². The van der Waals surface area contributed by atoms with E-state index in [2.05, 4.69) is 0 Å². The van der Waals surface area contributed by atoms with Crippen molar-refractivity contribution in [3.8, 4) is 5.75 Å². The molecule has 1 atom stereocenters. The lowest BCUT2D eigenvalue weighted by atomic mass is 9.81. The van der Waals surface area contributed by atoms with E-state index in [1.165, 1.54) is 11.8 Å². The predicted molar refractivity (Wildman–Crippen MR) is 96.8 cm³/mol. The molecule has 2 aromatic rings. The summed E-state index contributed by atoms with van der Waals surface area (Å²) in [5.74, 6) is 0.0222. The zero-order valence-electron chi connectivity index (χ0n) is 14.3. The summed E-state index contributed by atoms with van der Waals surface area (Å²) in [5, 5.41) is 11.6. The zero-order valence-corrected chi connectivity index (χ0v) is 15.2. The molecule has 0 fully saturated rings. The number of hydrogen-bond acceptors (Lipinski definition) is 4. The Hall–Kier alpha value is -1.68. The van der Waals surface area contributed by atoms with Gasteiger partial charge in [0.25, 0.3) is 0 Å². The van der Waals surface area contributed by atoms with Gasteiger partial charge in [-0.05, 0) is 35.6 Å². The Labute approximate surface area is 142 Å². The average molecular weight is 332 g/mol. The third-order valence-electron chi connectivity index (χ3n) is 4.58. The van der Waals surface area contributed by atoms with Crippen molar-refractivity contribution in [2.24, 2.45) is 5.41 Å². The van der Waals surface area contributed by atoms with E-state index in [-0.39, 0.29) is 23.7 Å². The van der Waals surface area contributed by atoms with Crippen LogP contribution in [0.4, 0.5) is 0 Å². The van der Waals surface area contributed by atoms with Gasteiger partial charge < -0.3 is 9.84 Å². The number of thioether (sulfide) groups is 1. The minimum Gasteiger partial charge on any atom is -0.507 e. The van der Waals surface area contributed by atoms with E-state index in [1.54, 1.807) is 12.1 Å². The number of esters is 1. The van der Waals surface area contributed by atoms with Crippen LogP contribution in [0.5, 0.6) is 5.75 Å². The Bertz CT molecular complexity index is 718. The molecule has 3 nitrogen and oxygen atoms in total. The fraction of sp³-hybridized carbons (Fsp3) is 0.421. The second-order valence-corrected chi connectivity index (χ2v) is 8.08. The highest BCUT2D eigenvalue weighted by Gasteiger charge is 2.45. The van der Waals surface area contributed by atoms with Gasteiger partial charge >= 0.3 is 5.97 Å². The van der Waals surface area contributed by atoms with Crippen LogP contribution in [0.2, 0.25) is 0 Å². The first-order valence-corrected chi connectivity index (χ1v) is 8.85. The van der Waals surface area contributed by atoms with Crippen molar-refractivity contribution in [2.45, 2.75) is 39.0 Å². The molecule has 0 saturated carbocycles. The summed E-state index contributed by atoms with van der Waals surface area (Å²) in [7, 11) is 0. The minimum absolute atomic E-state index is 0.200. The Morgan fingerprint density at radius 3 is 2.26 bits per heavy atom. The first-order valence-electron chi connectivity index (χ1n) is 7.62. The van der Waals surface area contributed by atoms with Crippen molar-refractivity contribution in [1.29, 1.82) is 0 Å². The maximum absolute atomic E-state index is 12.6. The third-order valence-corrected chi connectivity index (χ3v) is 6.17. The molecule has 2 rings (SSSR count). The molecule has 0 aliphatic carbocycles. The summed E-state index contributed by atoms with van der Waals surface area (Å²) in [5.41, 5.74) is 0.685. The molecular formula is C19H24O3S. The summed E-state index contributed by atoms with van der Waals surface area (Å²) in [6, 6.07) is 11.0. The Morgan fingerprint density at radius 1 is 1.09 bits per heavy atom. The highest BCUT2D eigenvalue weighted by molar-refractivity contribution is 8.00. The molecule has 0 aliphatic heterocycles. The largest absolute Gasteiger partial charge is 0.507 e. The second kappa shape index (κ2) is 6.44. The number of rotatable bonds is 4. The van der Waals surface area contributed by atoms with Gasteiger partial charge in [-0.1, -0.05) is 51.1 Å². The number of aromatic hydroxyl groups is 1. The summed E-state index contributed by atoms with van der Waals surface area (Å²) in [4.78, 5) is 12.6. The van der Waals surface area contributed by atoms with Crippen molar-refractivity contribution in [3.05, 3.63) is 42.0 Å². The topological polar surface area (TPSA) is 46.5 Å². The molecule has 0 heterocycles. The number of ether oxygens (including phenoxy) is 1. The molecule has 4 heteroatoms. The third kappa shape index (κ3) is 3.32. The SMILES string of the molecule is CSC(C)(C(=O)OCc1ccc(O)c2ccccc12)C(C)(C)C. The molecule has 0 aromatic heterocycles. The van der Waals surface area contributed by atoms with Crippen LogP contribution in [-0.2, 0) is 16.1 Å². The molecular weight excluding hydrogens is 308 g/mol. The molecule has 124 valence electrons. The normalized spacial score (nSPS) is 14.5. The van der Waals surface area contributed by atoms with Gasteiger partial charge in [0.15, 0.2) is 0 Å². The van der Waals surface area contributed by atoms with Crippen molar-refractivity contribution in [2.75, 3.05) is 6.26 Å². The summed E-state index contributed by atoms with van der Waals surface area (Å²) < 4.78 is 5.01. The van der Waals surface area contributed by atoms with Crippen molar-refractivity contribution < 1.29 is 14.6 Å². The maximum Gasteiger partial charge on any atom is 0.322 e. The average Bonchev–Trinajstić information content (AvgIpc) is 2.52. The lowest BCUT2D eigenvalue weighted by Gasteiger charge is -2.38. The van der Waals surface area contributed by atoms with Crippen LogP contribution in [0, 0.1) is 5.41 Å². The number of phenolic OH excluding ortho intramolecular Hbond substituents is 1. The zero-order chi connectivity index (χ0) is 17.3. The number of carbonyl (C=O) groups excluding carboxylic acids is 1. The highest BCUT2D eigenvalue weighted by atomic mass is 32.2. The molecule has 0 saturated heterocycles. The molecule has 0 aliphatic rings. The molecule has 2 aromatic carbocycles. The van der Waals surface area contributed by atoms with Gasteiger partial charge in [-0.2, -0.15) is 0 Å². The van der Waals surface area contributed by atoms with Gasteiger partial charge in [0.05, 0.1) is 0 Å². The smallest absolute Gasteiger partial charge is 0.322 e. The van der Waals surface area contributed by atoms with Crippen LogP contribution < -0.4 is 0 Å². The van der Waals surface area contributed by atoms with Crippen molar-refractivity contribution >= 4 is 28.5 Å². The van der Waals surface area contributed by atoms with Crippen molar-refractivity contribution in [1.82, 2.24) is 0 Å². The number of carbonyl (C=O) groups is 1. The molecule has 0 radical (unpaired) electrons.